The van der Waals surface area contributed by atoms with Crippen molar-refractivity contribution in [2.75, 3.05) is 13.2 Å². The monoisotopic (exact) mass is 146 g/mol. The van der Waals surface area contributed by atoms with Gasteiger partial charge >= 0.3 is 0 Å². The van der Waals surface area contributed by atoms with Crippen molar-refractivity contribution < 1.29 is 13.9 Å². The standard InChI is InChI=1S/C7H11FO2/c1-4-2-9-7-5(8)3-10-6(4)7/h4-7H,2-3H2,1H3/t4-,5+,6-,7-/m1/s1. The molecule has 0 amide bonds. The van der Waals surface area contributed by atoms with Crippen LogP contribution < -0.4 is 0 Å². The highest BCUT2D eigenvalue weighted by molar-refractivity contribution is 4.92. The number of hydrogen-bond donors (Lipinski definition) is 0. The van der Waals surface area contributed by atoms with Crippen molar-refractivity contribution in [2.24, 2.45) is 5.92 Å². The molecule has 58 valence electrons. The highest BCUT2D eigenvalue weighted by Crippen LogP contribution is 2.31. The SMILES string of the molecule is C[C@@H]1CO[C@H]2[C@@H]1OC[C@@H]2F. The first-order chi connectivity index (χ1) is 4.79. The van der Waals surface area contributed by atoms with Crippen LogP contribution in [0.1, 0.15) is 6.92 Å². The fraction of sp³-hybridized carbons (Fsp3) is 1.00. The van der Waals surface area contributed by atoms with Gasteiger partial charge in [-0.2, -0.15) is 0 Å². The summed E-state index contributed by atoms with van der Waals surface area (Å²) in [6, 6.07) is 0. The van der Waals surface area contributed by atoms with Crippen LogP contribution in [0.3, 0.4) is 0 Å². The summed E-state index contributed by atoms with van der Waals surface area (Å²) in [7, 11) is 0. The zero-order valence-corrected chi connectivity index (χ0v) is 5.92. The zero-order chi connectivity index (χ0) is 7.14. The number of hydrogen-bond acceptors (Lipinski definition) is 2. The van der Waals surface area contributed by atoms with Crippen LogP contribution in [0, 0.1) is 5.92 Å². The quantitative estimate of drug-likeness (QED) is 0.502. The summed E-state index contributed by atoms with van der Waals surface area (Å²) in [6.45, 7) is 2.90. The van der Waals surface area contributed by atoms with E-state index in [-0.39, 0.29) is 18.8 Å². The van der Waals surface area contributed by atoms with Gasteiger partial charge in [-0.3, -0.25) is 0 Å². The average molecular weight is 146 g/mol. The van der Waals surface area contributed by atoms with Crippen molar-refractivity contribution in [3.8, 4) is 0 Å². The molecule has 0 aliphatic carbocycles. The van der Waals surface area contributed by atoms with Gasteiger partial charge in [0.05, 0.1) is 19.3 Å². The van der Waals surface area contributed by atoms with Gasteiger partial charge in [0.25, 0.3) is 0 Å². The largest absolute Gasteiger partial charge is 0.372 e. The Bertz CT molecular complexity index is 124. The first-order valence-electron chi connectivity index (χ1n) is 3.66. The van der Waals surface area contributed by atoms with Gasteiger partial charge in [0.1, 0.15) is 6.10 Å². The summed E-state index contributed by atoms with van der Waals surface area (Å²) in [5, 5.41) is 0. The normalized spacial score (nSPS) is 53.4. The van der Waals surface area contributed by atoms with E-state index in [1.165, 1.54) is 0 Å². The van der Waals surface area contributed by atoms with E-state index in [4.69, 9.17) is 9.47 Å². The highest BCUT2D eigenvalue weighted by atomic mass is 19.1. The van der Waals surface area contributed by atoms with Crippen LogP contribution in [0.25, 0.3) is 0 Å². The Morgan fingerprint density at radius 1 is 1.20 bits per heavy atom. The first-order valence-corrected chi connectivity index (χ1v) is 3.66. The fourth-order valence-electron chi connectivity index (χ4n) is 1.64. The van der Waals surface area contributed by atoms with Crippen LogP contribution in [-0.2, 0) is 9.47 Å². The molecule has 10 heavy (non-hydrogen) atoms. The van der Waals surface area contributed by atoms with Gasteiger partial charge in [0.2, 0.25) is 0 Å². The van der Waals surface area contributed by atoms with Crippen LogP contribution in [0.5, 0.6) is 0 Å². The van der Waals surface area contributed by atoms with Crippen molar-refractivity contribution in [3.05, 3.63) is 0 Å². The Balaban J connectivity index is 2.09. The predicted octanol–water partition coefficient (Wildman–Crippen LogP) is 0.758. The maximum atomic E-state index is 12.8. The van der Waals surface area contributed by atoms with E-state index in [1.54, 1.807) is 0 Å². The second kappa shape index (κ2) is 2.17. The second-order valence-corrected chi connectivity index (χ2v) is 3.09. The predicted molar refractivity (Wildman–Crippen MR) is 33.5 cm³/mol. The lowest BCUT2D eigenvalue weighted by molar-refractivity contribution is 0.0542. The minimum atomic E-state index is -0.894. The van der Waals surface area contributed by atoms with Crippen LogP contribution >= 0.6 is 0 Å². The molecule has 2 nitrogen and oxygen atoms in total. The highest BCUT2D eigenvalue weighted by Gasteiger charge is 2.45. The minimum Gasteiger partial charge on any atom is -0.372 e. The maximum absolute atomic E-state index is 12.8. The number of rotatable bonds is 0. The van der Waals surface area contributed by atoms with Gasteiger partial charge in [0.15, 0.2) is 6.17 Å². The molecule has 0 saturated carbocycles. The van der Waals surface area contributed by atoms with Crippen LogP contribution in [0.4, 0.5) is 4.39 Å². The maximum Gasteiger partial charge on any atom is 0.152 e. The van der Waals surface area contributed by atoms with E-state index in [0.717, 1.165) is 0 Å². The van der Waals surface area contributed by atoms with Crippen molar-refractivity contribution in [1.82, 2.24) is 0 Å². The summed E-state index contributed by atoms with van der Waals surface area (Å²) in [4.78, 5) is 0. The zero-order valence-electron chi connectivity index (χ0n) is 5.92. The molecule has 0 N–H and O–H groups in total. The summed E-state index contributed by atoms with van der Waals surface area (Å²) >= 11 is 0. The van der Waals surface area contributed by atoms with Crippen LogP contribution in [-0.4, -0.2) is 31.6 Å². The molecule has 0 aromatic heterocycles. The molecule has 0 aromatic carbocycles. The molecule has 2 aliphatic heterocycles. The van der Waals surface area contributed by atoms with E-state index >= 15 is 0 Å². The number of ether oxygens (including phenoxy) is 2. The lowest BCUT2D eigenvalue weighted by Gasteiger charge is -2.09. The lowest BCUT2D eigenvalue weighted by atomic mass is 10.0. The topological polar surface area (TPSA) is 18.5 Å². The third kappa shape index (κ3) is 0.772. The summed E-state index contributed by atoms with van der Waals surface area (Å²) in [5.41, 5.74) is 0. The van der Waals surface area contributed by atoms with Gasteiger partial charge in [-0.15, -0.1) is 0 Å². The molecule has 0 spiro atoms. The molecule has 2 aliphatic rings. The molecule has 0 unspecified atom stereocenters. The number of fused-ring (bicyclic) bond motifs is 1. The molecular formula is C7H11FO2. The Hall–Kier alpha value is -0.150. The Kier molecular flexibility index (Phi) is 1.42. The van der Waals surface area contributed by atoms with E-state index in [1.807, 2.05) is 6.92 Å². The Morgan fingerprint density at radius 2 is 1.90 bits per heavy atom. The Labute approximate surface area is 59.3 Å². The van der Waals surface area contributed by atoms with Crippen molar-refractivity contribution in [3.63, 3.8) is 0 Å². The summed E-state index contributed by atoms with van der Waals surface area (Å²) in [6.07, 6.45) is -1.14. The molecule has 2 fully saturated rings. The summed E-state index contributed by atoms with van der Waals surface area (Å²) in [5.74, 6) is 0.366. The van der Waals surface area contributed by atoms with Gasteiger partial charge in [-0.25, -0.2) is 4.39 Å². The van der Waals surface area contributed by atoms with Crippen LogP contribution in [0.2, 0.25) is 0 Å². The van der Waals surface area contributed by atoms with Crippen LogP contribution in [0.15, 0.2) is 0 Å². The van der Waals surface area contributed by atoms with E-state index in [9.17, 15) is 4.39 Å². The Morgan fingerprint density at radius 3 is 2.60 bits per heavy atom. The van der Waals surface area contributed by atoms with Crippen molar-refractivity contribution >= 4 is 0 Å². The number of halogens is 1. The first kappa shape index (κ1) is 6.55. The van der Waals surface area contributed by atoms with Gasteiger partial charge in [0, 0.05) is 5.92 Å². The van der Waals surface area contributed by atoms with Gasteiger partial charge in [-0.1, -0.05) is 6.92 Å². The molecule has 4 atom stereocenters. The lowest BCUT2D eigenvalue weighted by Crippen LogP contribution is -2.25. The molecule has 3 heteroatoms. The molecule has 2 heterocycles. The van der Waals surface area contributed by atoms with E-state index in [2.05, 4.69) is 0 Å². The van der Waals surface area contributed by atoms with Gasteiger partial charge < -0.3 is 9.47 Å². The van der Waals surface area contributed by atoms with Crippen molar-refractivity contribution in [1.29, 1.82) is 0 Å². The van der Waals surface area contributed by atoms with Gasteiger partial charge in [-0.05, 0) is 0 Å². The molecule has 2 rings (SSSR count). The van der Waals surface area contributed by atoms with Crippen molar-refractivity contribution in [2.45, 2.75) is 25.3 Å². The third-order valence-corrected chi connectivity index (χ3v) is 2.24. The second-order valence-electron chi connectivity index (χ2n) is 3.09. The molecular weight excluding hydrogens is 135 g/mol. The average Bonchev–Trinajstić information content (AvgIpc) is 2.41. The molecule has 0 aromatic rings. The minimum absolute atomic E-state index is 0.0231. The van der Waals surface area contributed by atoms with E-state index in [0.29, 0.717) is 12.5 Å². The fourth-order valence-corrected chi connectivity index (χ4v) is 1.64. The molecule has 2 saturated heterocycles. The molecule has 0 radical (unpaired) electrons. The van der Waals surface area contributed by atoms with E-state index < -0.39 is 6.17 Å². The number of alkyl halides is 1. The summed E-state index contributed by atoms with van der Waals surface area (Å²) < 4.78 is 23.2. The smallest absolute Gasteiger partial charge is 0.152 e. The third-order valence-electron chi connectivity index (χ3n) is 2.24. The molecule has 0 bridgehead atoms.